The lowest BCUT2D eigenvalue weighted by atomic mass is 9.99. The van der Waals surface area contributed by atoms with E-state index in [2.05, 4.69) is 55.6 Å². The van der Waals surface area contributed by atoms with Crippen molar-refractivity contribution in [2.75, 3.05) is 13.2 Å². The van der Waals surface area contributed by atoms with Gasteiger partial charge in [0.15, 0.2) is 6.29 Å². The molecule has 0 radical (unpaired) electrons. The second-order valence-corrected chi connectivity index (χ2v) is 16.3. The molecule has 1 aliphatic rings. The number of carbonyl (C=O) groups excluding carboxylic acids is 1. The Morgan fingerprint density at radius 1 is 0.603 bits per heavy atom. The van der Waals surface area contributed by atoms with Gasteiger partial charge < -0.3 is 45.4 Å². The molecule has 8 unspecified atom stereocenters. The van der Waals surface area contributed by atoms with Gasteiger partial charge in [-0.3, -0.25) is 4.79 Å². The highest BCUT2D eigenvalue weighted by molar-refractivity contribution is 5.80. The van der Waals surface area contributed by atoms with Crippen LogP contribution in [0.3, 0.4) is 0 Å². The van der Waals surface area contributed by atoms with E-state index in [4.69, 9.17) is 9.47 Å². The first-order valence-electron chi connectivity index (χ1n) is 23.5. The van der Waals surface area contributed by atoms with Crippen LogP contribution in [0.1, 0.15) is 187 Å². The summed E-state index contributed by atoms with van der Waals surface area (Å²) in [4.78, 5) is 13.0. The Morgan fingerprint density at radius 3 is 1.64 bits per heavy atom. The first-order chi connectivity index (χ1) is 28.3. The van der Waals surface area contributed by atoms with Crippen LogP contribution in [-0.2, 0) is 14.3 Å². The number of hydrogen-bond donors (Lipinski definition) is 7. The largest absolute Gasteiger partial charge is 0.394 e. The molecule has 1 saturated heterocycles. The molecule has 10 nitrogen and oxygen atoms in total. The van der Waals surface area contributed by atoms with Gasteiger partial charge in [0.05, 0.1) is 25.4 Å². The number of unbranched alkanes of at least 4 members (excludes halogenated alkanes) is 21. The number of carbonyl (C=O) groups is 1. The molecule has 1 rings (SSSR count). The molecule has 8 atom stereocenters. The maximum atomic E-state index is 13.0. The zero-order valence-corrected chi connectivity index (χ0v) is 36.7. The van der Waals surface area contributed by atoms with Crippen molar-refractivity contribution in [2.45, 2.75) is 236 Å². The highest BCUT2D eigenvalue weighted by atomic mass is 16.7. The Morgan fingerprint density at radius 2 is 1.07 bits per heavy atom. The lowest BCUT2D eigenvalue weighted by molar-refractivity contribution is -0.302. The highest BCUT2D eigenvalue weighted by Gasteiger charge is 2.44. The van der Waals surface area contributed by atoms with Crippen molar-refractivity contribution in [2.24, 2.45) is 0 Å². The smallest absolute Gasteiger partial charge is 0.249 e. The van der Waals surface area contributed by atoms with Crippen molar-refractivity contribution in [3.05, 3.63) is 48.6 Å². The summed E-state index contributed by atoms with van der Waals surface area (Å²) in [5.41, 5.74) is 0. The monoisotopic (exact) mass is 822 g/mol. The Bertz CT molecular complexity index is 1060. The summed E-state index contributed by atoms with van der Waals surface area (Å²) in [6.07, 6.45) is 37.6. The molecule has 0 aromatic rings. The van der Waals surface area contributed by atoms with Crippen molar-refractivity contribution in [1.29, 1.82) is 0 Å². The third-order valence-electron chi connectivity index (χ3n) is 11.0. The number of allylic oxidation sites excluding steroid dienone is 7. The fourth-order valence-electron chi connectivity index (χ4n) is 7.09. The maximum Gasteiger partial charge on any atom is 0.249 e. The Labute approximate surface area is 353 Å². The van der Waals surface area contributed by atoms with Crippen molar-refractivity contribution in [1.82, 2.24) is 5.32 Å². The summed E-state index contributed by atoms with van der Waals surface area (Å²) in [5.74, 6) is -0.636. The van der Waals surface area contributed by atoms with Gasteiger partial charge >= 0.3 is 0 Å². The predicted octanol–water partition coefficient (Wildman–Crippen LogP) is 8.81. The van der Waals surface area contributed by atoms with E-state index in [0.717, 1.165) is 57.8 Å². The number of rotatable bonds is 38. The van der Waals surface area contributed by atoms with Gasteiger partial charge in [-0.25, -0.2) is 0 Å². The first kappa shape index (κ1) is 54.1. The molecule has 7 N–H and O–H groups in total. The van der Waals surface area contributed by atoms with E-state index in [9.17, 15) is 35.4 Å². The van der Waals surface area contributed by atoms with Gasteiger partial charge in [0.1, 0.15) is 30.5 Å². The zero-order chi connectivity index (χ0) is 42.5. The van der Waals surface area contributed by atoms with Crippen LogP contribution in [0, 0.1) is 0 Å². The third-order valence-corrected chi connectivity index (χ3v) is 11.0. The first-order valence-corrected chi connectivity index (χ1v) is 23.5. The quantitative estimate of drug-likeness (QED) is 0.0238. The molecule has 1 aliphatic heterocycles. The normalized spacial score (nSPS) is 21.8. The van der Waals surface area contributed by atoms with Crippen molar-refractivity contribution in [3.63, 3.8) is 0 Å². The molecule has 1 amide bonds. The van der Waals surface area contributed by atoms with Crippen LogP contribution in [0.2, 0.25) is 0 Å². The van der Waals surface area contributed by atoms with Crippen LogP contribution in [0.25, 0.3) is 0 Å². The fraction of sp³-hybridized carbons (Fsp3) is 0.812. The van der Waals surface area contributed by atoms with Gasteiger partial charge in [-0.2, -0.15) is 0 Å². The fourth-order valence-corrected chi connectivity index (χ4v) is 7.09. The van der Waals surface area contributed by atoms with Gasteiger partial charge in [-0.15, -0.1) is 0 Å². The summed E-state index contributed by atoms with van der Waals surface area (Å²) in [5, 5.41) is 64.6. The summed E-state index contributed by atoms with van der Waals surface area (Å²) >= 11 is 0. The Hall–Kier alpha value is -1.89. The Kier molecular flexibility index (Phi) is 35.5. The van der Waals surface area contributed by atoms with Crippen molar-refractivity contribution in [3.8, 4) is 0 Å². The molecule has 1 heterocycles. The second kappa shape index (κ2) is 38.1. The van der Waals surface area contributed by atoms with E-state index >= 15 is 0 Å². The molecular formula is C48H87NO9. The summed E-state index contributed by atoms with van der Waals surface area (Å²) < 4.78 is 11.1. The minimum absolute atomic E-state index is 0.290. The Balaban J connectivity index is 2.45. The molecule has 0 spiro atoms. The summed E-state index contributed by atoms with van der Waals surface area (Å²) in [7, 11) is 0. The average Bonchev–Trinajstić information content (AvgIpc) is 3.22. The lowest BCUT2D eigenvalue weighted by Crippen LogP contribution is -2.60. The van der Waals surface area contributed by atoms with E-state index in [-0.39, 0.29) is 13.0 Å². The summed E-state index contributed by atoms with van der Waals surface area (Å²) in [6.45, 7) is 3.55. The van der Waals surface area contributed by atoms with Gasteiger partial charge in [0.25, 0.3) is 0 Å². The van der Waals surface area contributed by atoms with Crippen molar-refractivity contribution >= 4 is 5.91 Å². The van der Waals surface area contributed by atoms with Crippen molar-refractivity contribution < 1.29 is 44.9 Å². The topological polar surface area (TPSA) is 169 Å². The van der Waals surface area contributed by atoms with E-state index in [1.54, 1.807) is 6.08 Å². The van der Waals surface area contributed by atoms with Crippen LogP contribution < -0.4 is 5.32 Å². The number of aliphatic hydroxyl groups excluding tert-OH is 6. The molecule has 0 aliphatic carbocycles. The van der Waals surface area contributed by atoms with Crippen LogP contribution in [0.4, 0.5) is 0 Å². The summed E-state index contributed by atoms with van der Waals surface area (Å²) in [6, 6.07) is -1.00. The average molecular weight is 822 g/mol. The second-order valence-electron chi connectivity index (χ2n) is 16.3. The van der Waals surface area contributed by atoms with Crippen LogP contribution >= 0.6 is 0 Å². The standard InChI is InChI=1S/C48H87NO9/c1-3-5-7-9-11-13-15-17-19-21-23-24-26-28-30-32-34-36-41(51)40(39-57-48-46(55)45(54)44(53)43(38-50)58-48)49-47(56)42(52)37-35-33-31-29-27-25-22-20-18-16-14-12-10-8-6-4-2/h12,14,18,20,26,28,34,36,40-46,48,50-55H,3-11,13,15-17,19,21-25,27,29-33,35,37-39H2,1-2H3,(H,49,56)/b14-12-,20-18-,28-26+,36-34+. The number of nitrogens with one attached hydrogen (secondary N) is 1. The number of hydrogen-bond acceptors (Lipinski definition) is 9. The number of aliphatic hydroxyl groups is 6. The number of amides is 1. The predicted molar refractivity (Wildman–Crippen MR) is 236 cm³/mol. The van der Waals surface area contributed by atoms with Gasteiger partial charge in [0.2, 0.25) is 5.91 Å². The van der Waals surface area contributed by atoms with E-state index in [1.165, 1.54) is 96.3 Å². The minimum Gasteiger partial charge on any atom is -0.394 e. The molecule has 0 saturated carbocycles. The van der Waals surface area contributed by atoms with Crippen LogP contribution in [0.5, 0.6) is 0 Å². The van der Waals surface area contributed by atoms with Crippen LogP contribution in [0.15, 0.2) is 48.6 Å². The van der Waals surface area contributed by atoms with Gasteiger partial charge in [-0.1, -0.05) is 172 Å². The maximum absolute atomic E-state index is 13.0. The minimum atomic E-state index is -1.62. The van der Waals surface area contributed by atoms with E-state index < -0.39 is 61.5 Å². The van der Waals surface area contributed by atoms with E-state index in [0.29, 0.717) is 12.8 Å². The van der Waals surface area contributed by atoms with Crippen LogP contribution in [-0.4, -0.2) is 98.7 Å². The molecule has 0 aromatic carbocycles. The SMILES string of the molecule is CCCCC/C=C\C/C=C\CCCCCCCCC(O)C(=O)NC(COC1OC(CO)C(O)C(O)C1O)C(O)/C=C/CC/C=C/CCCCCCCCCCCCC. The van der Waals surface area contributed by atoms with Gasteiger partial charge in [0, 0.05) is 0 Å². The molecule has 58 heavy (non-hydrogen) atoms. The molecule has 338 valence electrons. The molecular weight excluding hydrogens is 735 g/mol. The molecule has 0 bridgehead atoms. The molecule has 1 fully saturated rings. The highest BCUT2D eigenvalue weighted by Crippen LogP contribution is 2.22. The lowest BCUT2D eigenvalue weighted by Gasteiger charge is -2.40. The number of ether oxygens (including phenoxy) is 2. The van der Waals surface area contributed by atoms with E-state index in [1.807, 2.05) is 6.08 Å². The zero-order valence-electron chi connectivity index (χ0n) is 36.7. The molecule has 0 aromatic heterocycles. The molecule has 10 heteroatoms. The van der Waals surface area contributed by atoms with Gasteiger partial charge in [-0.05, 0) is 64.2 Å². The third kappa shape index (κ3) is 27.8.